The Hall–Kier alpha value is -1.65. The topological polar surface area (TPSA) is 47.3 Å². The van der Waals surface area contributed by atoms with Gasteiger partial charge in [0, 0.05) is 31.3 Å². The van der Waals surface area contributed by atoms with Crippen LogP contribution in [0.2, 0.25) is 0 Å². The second-order valence-corrected chi connectivity index (χ2v) is 4.76. The summed E-state index contributed by atoms with van der Waals surface area (Å²) in [6.07, 6.45) is 2.08. The van der Waals surface area contributed by atoms with Crippen LogP contribution in [0.3, 0.4) is 0 Å². The van der Waals surface area contributed by atoms with Crippen molar-refractivity contribution >= 4 is 0 Å². The van der Waals surface area contributed by atoms with Crippen LogP contribution in [0.5, 0.6) is 0 Å². The van der Waals surface area contributed by atoms with Crippen molar-refractivity contribution in [3.63, 3.8) is 0 Å². The Morgan fingerprint density at radius 2 is 2.21 bits per heavy atom. The monoisotopic (exact) mass is 258 g/mol. The average molecular weight is 258 g/mol. The molecule has 1 aromatic heterocycles. The predicted octanol–water partition coefficient (Wildman–Crippen LogP) is 2.18. The first-order valence-electron chi connectivity index (χ1n) is 6.65. The fourth-order valence-corrected chi connectivity index (χ4v) is 2.55. The van der Waals surface area contributed by atoms with Crippen LogP contribution in [0.25, 0.3) is 11.3 Å². The van der Waals surface area contributed by atoms with E-state index in [-0.39, 0.29) is 0 Å². The Morgan fingerprint density at radius 1 is 1.32 bits per heavy atom. The number of fused-ring (bicyclic) bond motifs is 3. The van der Waals surface area contributed by atoms with E-state index >= 15 is 0 Å². The average Bonchev–Trinajstić information content (AvgIpc) is 2.87. The van der Waals surface area contributed by atoms with Gasteiger partial charge in [0.15, 0.2) is 5.76 Å². The quantitative estimate of drug-likeness (QED) is 0.835. The van der Waals surface area contributed by atoms with E-state index in [1.54, 1.807) is 7.11 Å². The van der Waals surface area contributed by atoms with Crippen LogP contribution >= 0.6 is 0 Å². The van der Waals surface area contributed by atoms with Crippen LogP contribution in [-0.4, -0.2) is 25.4 Å². The fraction of sp³-hybridized carbons (Fsp3) is 0.400. The third kappa shape index (κ3) is 2.41. The summed E-state index contributed by atoms with van der Waals surface area (Å²) in [4.78, 5) is 0. The van der Waals surface area contributed by atoms with Crippen molar-refractivity contribution in [1.82, 2.24) is 10.5 Å². The number of nitrogens with zero attached hydrogens (tertiary/aromatic N) is 1. The summed E-state index contributed by atoms with van der Waals surface area (Å²) < 4.78 is 10.6. The number of aryl methyl sites for hydroxylation is 1. The second-order valence-electron chi connectivity index (χ2n) is 4.76. The minimum atomic E-state index is 0.711. The minimum absolute atomic E-state index is 0.711. The molecule has 4 heteroatoms. The summed E-state index contributed by atoms with van der Waals surface area (Å²) in [5.41, 5.74) is 4.83. The van der Waals surface area contributed by atoms with Gasteiger partial charge in [-0.1, -0.05) is 29.4 Å². The van der Waals surface area contributed by atoms with Gasteiger partial charge in [0.05, 0.1) is 6.61 Å². The highest BCUT2D eigenvalue weighted by atomic mass is 16.5. The first-order chi connectivity index (χ1) is 9.40. The molecule has 1 N–H and O–H groups in total. The number of methoxy groups -OCH3 is 1. The van der Waals surface area contributed by atoms with E-state index in [1.165, 1.54) is 16.7 Å². The van der Waals surface area contributed by atoms with Gasteiger partial charge in [0.25, 0.3) is 0 Å². The molecule has 0 amide bonds. The van der Waals surface area contributed by atoms with Crippen LogP contribution in [0, 0.1) is 0 Å². The zero-order valence-electron chi connectivity index (χ0n) is 11.1. The second kappa shape index (κ2) is 5.55. The molecule has 3 rings (SSSR count). The normalized spacial score (nSPS) is 13.1. The van der Waals surface area contributed by atoms with Crippen LogP contribution in [0.4, 0.5) is 0 Å². The highest BCUT2D eigenvalue weighted by Crippen LogP contribution is 2.34. The van der Waals surface area contributed by atoms with Gasteiger partial charge < -0.3 is 14.6 Å². The third-order valence-corrected chi connectivity index (χ3v) is 3.55. The smallest absolute Gasteiger partial charge is 0.170 e. The van der Waals surface area contributed by atoms with E-state index in [4.69, 9.17) is 9.26 Å². The molecular weight excluding hydrogens is 240 g/mol. The van der Waals surface area contributed by atoms with Crippen LogP contribution in [0.15, 0.2) is 28.8 Å². The summed E-state index contributed by atoms with van der Waals surface area (Å²) in [5.74, 6) is 0.949. The molecule has 1 aromatic carbocycles. The molecule has 19 heavy (non-hydrogen) atoms. The van der Waals surface area contributed by atoms with E-state index in [9.17, 15) is 0 Å². The molecule has 0 spiro atoms. The van der Waals surface area contributed by atoms with E-state index in [0.29, 0.717) is 6.61 Å². The number of rotatable bonds is 5. The first kappa shape index (κ1) is 12.4. The van der Waals surface area contributed by atoms with Gasteiger partial charge in [-0.2, -0.15) is 0 Å². The first-order valence-corrected chi connectivity index (χ1v) is 6.65. The van der Waals surface area contributed by atoms with Crippen molar-refractivity contribution in [2.75, 3.05) is 20.3 Å². The Balaban J connectivity index is 1.79. The summed E-state index contributed by atoms with van der Waals surface area (Å²) in [7, 11) is 1.70. The third-order valence-electron chi connectivity index (χ3n) is 3.55. The summed E-state index contributed by atoms with van der Waals surface area (Å²) in [6, 6.07) is 8.40. The van der Waals surface area contributed by atoms with E-state index in [0.717, 1.165) is 37.4 Å². The number of ether oxygens (including phenoxy) is 1. The molecule has 0 bridgehead atoms. The SMILES string of the molecule is COCCNCc1noc2c1CCc1ccccc1-2. The fourth-order valence-electron chi connectivity index (χ4n) is 2.55. The van der Waals surface area contributed by atoms with E-state index < -0.39 is 0 Å². The number of nitrogens with one attached hydrogen (secondary N) is 1. The largest absolute Gasteiger partial charge is 0.383 e. The van der Waals surface area contributed by atoms with Crippen LogP contribution in [-0.2, 0) is 24.1 Å². The Labute approximate surface area is 112 Å². The molecule has 0 radical (unpaired) electrons. The lowest BCUT2D eigenvalue weighted by molar-refractivity contribution is 0.199. The molecular formula is C15H18N2O2. The van der Waals surface area contributed by atoms with Crippen LogP contribution < -0.4 is 5.32 Å². The van der Waals surface area contributed by atoms with Gasteiger partial charge in [-0.05, 0) is 18.4 Å². The molecule has 0 fully saturated rings. The zero-order valence-corrected chi connectivity index (χ0v) is 11.1. The standard InChI is InChI=1S/C15H18N2O2/c1-18-9-8-16-10-14-13-7-6-11-4-2-3-5-12(11)15(13)19-17-14/h2-5,16H,6-10H2,1H3. The van der Waals surface area contributed by atoms with Gasteiger partial charge >= 0.3 is 0 Å². The molecule has 0 aliphatic heterocycles. The van der Waals surface area contributed by atoms with Gasteiger partial charge in [-0.3, -0.25) is 0 Å². The summed E-state index contributed by atoms with van der Waals surface area (Å²) >= 11 is 0. The van der Waals surface area contributed by atoms with Gasteiger partial charge in [0.2, 0.25) is 0 Å². The highest BCUT2D eigenvalue weighted by Gasteiger charge is 2.23. The number of hydrogen-bond acceptors (Lipinski definition) is 4. The van der Waals surface area contributed by atoms with Crippen molar-refractivity contribution in [2.24, 2.45) is 0 Å². The van der Waals surface area contributed by atoms with Crippen molar-refractivity contribution in [2.45, 2.75) is 19.4 Å². The number of benzene rings is 1. The molecule has 0 saturated carbocycles. The molecule has 2 aromatic rings. The van der Waals surface area contributed by atoms with Crippen molar-refractivity contribution in [3.8, 4) is 11.3 Å². The van der Waals surface area contributed by atoms with Crippen molar-refractivity contribution in [1.29, 1.82) is 0 Å². The Kier molecular flexibility index (Phi) is 3.62. The maximum atomic E-state index is 5.55. The van der Waals surface area contributed by atoms with Gasteiger partial charge in [0.1, 0.15) is 5.69 Å². The summed E-state index contributed by atoms with van der Waals surface area (Å²) in [5, 5.41) is 7.53. The number of aromatic nitrogens is 1. The molecule has 1 aliphatic carbocycles. The lowest BCUT2D eigenvalue weighted by Gasteiger charge is -2.14. The molecule has 0 atom stereocenters. The minimum Gasteiger partial charge on any atom is -0.383 e. The van der Waals surface area contributed by atoms with E-state index in [2.05, 4.69) is 28.7 Å². The summed E-state index contributed by atoms with van der Waals surface area (Å²) in [6.45, 7) is 2.28. The van der Waals surface area contributed by atoms with Crippen molar-refractivity contribution < 1.29 is 9.26 Å². The maximum absolute atomic E-state index is 5.55. The lowest BCUT2D eigenvalue weighted by atomic mass is 9.90. The zero-order chi connectivity index (χ0) is 13.1. The van der Waals surface area contributed by atoms with Gasteiger partial charge in [-0.25, -0.2) is 0 Å². The molecule has 4 nitrogen and oxygen atoms in total. The molecule has 0 unspecified atom stereocenters. The Bertz CT molecular complexity index is 563. The Morgan fingerprint density at radius 3 is 3.11 bits per heavy atom. The molecule has 0 saturated heterocycles. The molecule has 1 aliphatic rings. The van der Waals surface area contributed by atoms with Gasteiger partial charge in [-0.15, -0.1) is 0 Å². The highest BCUT2D eigenvalue weighted by molar-refractivity contribution is 5.68. The van der Waals surface area contributed by atoms with Crippen molar-refractivity contribution in [3.05, 3.63) is 41.1 Å². The van der Waals surface area contributed by atoms with Crippen LogP contribution in [0.1, 0.15) is 16.8 Å². The van der Waals surface area contributed by atoms with E-state index in [1.807, 2.05) is 6.07 Å². The maximum Gasteiger partial charge on any atom is 0.170 e. The molecule has 100 valence electrons. The molecule has 1 heterocycles. The lowest BCUT2D eigenvalue weighted by Crippen LogP contribution is -2.19. The number of hydrogen-bond donors (Lipinski definition) is 1. The predicted molar refractivity (Wildman–Crippen MR) is 72.9 cm³/mol.